The highest BCUT2D eigenvalue weighted by atomic mass is 32.2. The number of carbonyl (C=O) groups excluding carboxylic acids is 1. The second-order valence-electron chi connectivity index (χ2n) is 8.32. The lowest BCUT2D eigenvalue weighted by molar-refractivity contribution is -0.121. The summed E-state index contributed by atoms with van der Waals surface area (Å²) in [5.74, 6) is -0.509. The molecule has 3 aromatic rings. The first-order valence-electron chi connectivity index (χ1n) is 11.1. The predicted molar refractivity (Wildman–Crippen MR) is 129 cm³/mol. The van der Waals surface area contributed by atoms with Crippen LogP contribution in [-0.2, 0) is 21.4 Å². The molecule has 7 heteroatoms. The van der Waals surface area contributed by atoms with Crippen LogP contribution in [0.2, 0.25) is 0 Å². The van der Waals surface area contributed by atoms with Crippen molar-refractivity contribution < 1.29 is 13.2 Å². The van der Waals surface area contributed by atoms with Crippen LogP contribution >= 0.6 is 0 Å². The van der Waals surface area contributed by atoms with Crippen LogP contribution in [0.5, 0.6) is 0 Å². The smallest absolute Gasteiger partial charge is 0.243 e. The summed E-state index contributed by atoms with van der Waals surface area (Å²) in [5.41, 5.74) is 2.70. The molecule has 1 N–H and O–H groups in total. The van der Waals surface area contributed by atoms with E-state index in [2.05, 4.69) is 10.2 Å². The van der Waals surface area contributed by atoms with Crippen molar-refractivity contribution in [3.63, 3.8) is 0 Å². The standard InChI is InChI=1S/C26H29N3O3S/c1-28-16-18-29(19-17-28)33(31,32)24-14-12-21(13-15-24)20-27-26(30)25(22-8-4-2-5-9-22)23-10-6-3-7-11-23/h2-15,25H,16-20H2,1H3,(H,27,30). The number of hydrogen-bond donors (Lipinski definition) is 1. The molecule has 1 aliphatic heterocycles. The minimum absolute atomic E-state index is 0.0958. The van der Waals surface area contributed by atoms with E-state index in [-0.39, 0.29) is 10.8 Å². The average molecular weight is 464 g/mol. The Bertz CT molecular complexity index is 1120. The molecule has 0 bridgehead atoms. The Labute approximate surface area is 195 Å². The number of amides is 1. The molecular weight excluding hydrogens is 434 g/mol. The van der Waals surface area contributed by atoms with Gasteiger partial charge in [0.15, 0.2) is 0 Å². The molecule has 172 valence electrons. The van der Waals surface area contributed by atoms with Crippen LogP contribution in [0.15, 0.2) is 89.8 Å². The molecule has 1 aliphatic rings. The molecule has 4 rings (SSSR count). The Morgan fingerprint density at radius 2 is 1.33 bits per heavy atom. The summed E-state index contributed by atoms with van der Waals surface area (Å²) in [6.45, 7) is 2.78. The first-order valence-corrected chi connectivity index (χ1v) is 12.5. The fourth-order valence-electron chi connectivity index (χ4n) is 4.03. The van der Waals surface area contributed by atoms with E-state index in [0.717, 1.165) is 29.8 Å². The fourth-order valence-corrected chi connectivity index (χ4v) is 5.46. The summed E-state index contributed by atoms with van der Waals surface area (Å²) < 4.78 is 27.4. The van der Waals surface area contributed by atoms with E-state index in [0.29, 0.717) is 19.6 Å². The molecule has 1 heterocycles. The van der Waals surface area contributed by atoms with Gasteiger partial charge in [-0.15, -0.1) is 0 Å². The molecule has 0 atom stereocenters. The molecular formula is C26H29N3O3S. The number of nitrogens with one attached hydrogen (secondary N) is 1. The van der Waals surface area contributed by atoms with Gasteiger partial charge in [0.05, 0.1) is 10.8 Å². The lowest BCUT2D eigenvalue weighted by atomic mass is 9.90. The molecule has 0 radical (unpaired) electrons. The van der Waals surface area contributed by atoms with Crippen molar-refractivity contribution in [2.75, 3.05) is 33.2 Å². The number of sulfonamides is 1. The molecule has 3 aromatic carbocycles. The van der Waals surface area contributed by atoms with Gasteiger partial charge in [0.25, 0.3) is 0 Å². The van der Waals surface area contributed by atoms with Gasteiger partial charge in [-0.1, -0.05) is 72.8 Å². The van der Waals surface area contributed by atoms with E-state index in [1.807, 2.05) is 67.7 Å². The second-order valence-corrected chi connectivity index (χ2v) is 10.3. The van der Waals surface area contributed by atoms with Gasteiger partial charge in [-0.2, -0.15) is 4.31 Å². The van der Waals surface area contributed by atoms with E-state index < -0.39 is 15.9 Å². The van der Waals surface area contributed by atoms with Crippen LogP contribution in [0.4, 0.5) is 0 Å². The Kier molecular flexibility index (Phi) is 7.23. The van der Waals surface area contributed by atoms with Crippen molar-refractivity contribution in [2.45, 2.75) is 17.4 Å². The maximum absolute atomic E-state index is 13.2. The van der Waals surface area contributed by atoms with Gasteiger partial charge in [-0.25, -0.2) is 8.42 Å². The van der Waals surface area contributed by atoms with E-state index in [9.17, 15) is 13.2 Å². The van der Waals surface area contributed by atoms with Gasteiger partial charge in [0.1, 0.15) is 0 Å². The summed E-state index contributed by atoms with van der Waals surface area (Å²) >= 11 is 0. The third kappa shape index (κ3) is 5.50. The van der Waals surface area contributed by atoms with Crippen LogP contribution in [0.25, 0.3) is 0 Å². The topological polar surface area (TPSA) is 69.7 Å². The number of piperazine rings is 1. The largest absolute Gasteiger partial charge is 0.351 e. The molecule has 1 saturated heterocycles. The number of likely N-dealkylation sites (N-methyl/N-ethyl adjacent to an activating group) is 1. The minimum Gasteiger partial charge on any atom is -0.351 e. The van der Waals surface area contributed by atoms with Crippen molar-refractivity contribution in [1.82, 2.24) is 14.5 Å². The fraction of sp³-hybridized carbons (Fsp3) is 0.269. The molecule has 0 unspecified atom stereocenters. The van der Waals surface area contributed by atoms with Crippen LogP contribution in [0, 0.1) is 0 Å². The van der Waals surface area contributed by atoms with Crippen molar-refractivity contribution in [1.29, 1.82) is 0 Å². The molecule has 0 spiro atoms. The first kappa shape index (κ1) is 23.2. The number of hydrogen-bond acceptors (Lipinski definition) is 4. The zero-order valence-corrected chi connectivity index (χ0v) is 19.5. The number of rotatable bonds is 7. The lowest BCUT2D eigenvalue weighted by Gasteiger charge is -2.31. The Hall–Kier alpha value is -3.00. The lowest BCUT2D eigenvalue weighted by Crippen LogP contribution is -2.47. The van der Waals surface area contributed by atoms with Gasteiger partial charge in [0.2, 0.25) is 15.9 Å². The average Bonchev–Trinajstić information content (AvgIpc) is 2.85. The van der Waals surface area contributed by atoms with Crippen molar-refractivity contribution in [3.8, 4) is 0 Å². The maximum Gasteiger partial charge on any atom is 0.243 e. The molecule has 33 heavy (non-hydrogen) atoms. The van der Waals surface area contributed by atoms with Crippen molar-refractivity contribution in [3.05, 3.63) is 102 Å². The van der Waals surface area contributed by atoms with Crippen molar-refractivity contribution >= 4 is 15.9 Å². The predicted octanol–water partition coefficient (Wildman–Crippen LogP) is 3.07. The Balaban J connectivity index is 1.44. The third-order valence-corrected chi connectivity index (χ3v) is 7.93. The SMILES string of the molecule is CN1CCN(S(=O)(=O)c2ccc(CNC(=O)C(c3ccccc3)c3ccccc3)cc2)CC1. The van der Waals surface area contributed by atoms with E-state index in [1.165, 1.54) is 4.31 Å². The molecule has 1 fully saturated rings. The van der Waals surface area contributed by atoms with Gasteiger partial charge in [-0.3, -0.25) is 4.79 Å². The summed E-state index contributed by atoms with van der Waals surface area (Å²) in [6, 6.07) is 26.2. The monoisotopic (exact) mass is 463 g/mol. The molecule has 1 amide bonds. The van der Waals surface area contributed by atoms with Crippen LogP contribution in [-0.4, -0.2) is 56.8 Å². The highest BCUT2D eigenvalue weighted by Crippen LogP contribution is 2.25. The van der Waals surface area contributed by atoms with Crippen LogP contribution < -0.4 is 5.32 Å². The maximum atomic E-state index is 13.2. The van der Waals surface area contributed by atoms with Gasteiger partial charge in [0, 0.05) is 32.7 Å². The number of nitrogens with zero attached hydrogens (tertiary/aromatic N) is 2. The van der Waals surface area contributed by atoms with E-state index in [1.54, 1.807) is 24.3 Å². The van der Waals surface area contributed by atoms with Crippen molar-refractivity contribution in [2.24, 2.45) is 0 Å². The Morgan fingerprint density at radius 1 is 0.818 bits per heavy atom. The summed E-state index contributed by atoms with van der Waals surface area (Å²) in [7, 11) is -1.51. The van der Waals surface area contributed by atoms with Crippen LogP contribution in [0.3, 0.4) is 0 Å². The molecule has 0 aliphatic carbocycles. The summed E-state index contributed by atoms with van der Waals surface area (Å²) in [5, 5.41) is 3.02. The molecule has 0 saturated carbocycles. The normalized spacial score (nSPS) is 15.5. The second kappa shape index (κ2) is 10.3. The molecule has 6 nitrogen and oxygen atoms in total. The Morgan fingerprint density at radius 3 is 1.85 bits per heavy atom. The minimum atomic E-state index is -3.50. The molecule has 0 aromatic heterocycles. The summed E-state index contributed by atoms with van der Waals surface area (Å²) in [4.78, 5) is 15.6. The quantitative estimate of drug-likeness (QED) is 0.585. The highest BCUT2D eigenvalue weighted by molar-refractivity contribution is 7.89. The number of benzene rings is 3. The third-order valence-electron chi connectivity index (χ3n) is 6.02. The van der Waals surface area contributed by atoms with Gasteiger partial charge < -0.3 is 10.2 Å². The highest BCUT2D eigenvalue weighted by Gasteiger charge is 2.27. The summed E-state index contributed by atoms with van der Waals surface area (Å²) in [6.07, 6.45) is 0. The van der Waals surface area contributed by atoms with Crippen LogP contribution in [0.1, 0.15) is 22.6 Å². The zero-order valence-electron chi connectivity index (χ0n) is 18.7. The first-order chi connectivity index (χ1) is 15.9. The van der Waals surface area contributed by atoms with E-state index in [4.69, 9.17) is 0 Å². The number of carbonyl (C=O) groups is 1. The van der Waals surface area contributed by atoms with Gasteiger partial charge >= 0.3 is 0 Å². The van der Waals surface area contributed by atoms with E-state index >= 15 is 0 Å². The zero-order chi connectivity index (χ0) is 23.3. The van der Waals surface area contributed by atoms with Gasteiger partial charge in [-0.05, 0) is 35.9 Å².